The molecule has 10 atom stereocenters. The van der Waals surface area contributed by atoms with E-state index >= 15 is 0 Å². The predicted octanol–water partition coefficient (Wildman–Crippen LogP) is 3.71. The Kier molecular flexibility index (Phi) is 31.6. The number of nitrogens with zero attached hydrogens (tertiary/aromatic N) is 2. The smallest absolute Gasteiger partial charge is 0.303 e. The lowest BCUT2D eigenvalue weighted by molar-refractivity contribution is -0.325. The minimum atomic E-state index is -1.84. The van der Waals surface area contributed by atoms with Gasteiger partial charge in [-0.25, -0.2) is 0 Å². The molecule has 4 unspecified atom stereocenters. The molecular formula is C74H89N9O21. The Morgan fingerprint density at radius 3 is 1.22 bits per heavy atom. The SMILES string of the molecule is COc1ccc(C(=NCCNC(=O)CCC(=O)NNC(=O)CCC(=O)NNC(=O)[C@@H]2O[C@@H](OC3C(NC(C)=O)[C@H](C)O[C@@H](CO)[C@H]3O)C(O)C(O)[C@@H]2OC)c2ccc(Oc3ccc(C)cc3)cc2)cc1.COc1ccc(C(=NCCNC(=O)CCC(=O)O)c2ccc(Oc3ccc(C)cc3)cc2)cc1. The van der Waals surface area contributed by atoms with E-state index in [0.717, 1.165) is 52.1 Å². The molecule has 30 nitrogen and oxygen atoms in total. The molecule has 0 bridgehead atoms. The zero-order valence-corrected chi connectivity index (χ0v) is 58.6. The first kappa shape index (κ1) is 80.6. The number of benzene rings is 6. The molecule has 2 saturated heterocycles. The van der Waals surface area contributed by atoms with Crippen LogP contribution in [-0.2, 0) is 57.3 Å². The van der Waals surface area contributed by atoms with Crippen molar-refractivity contribution in [1.82, 2.24) is 37.7 Å². The number of aliphatic imine (C=N–C) groups is 2. The molecule has 0 aliphatic carbocycles. The Labute approximate surface area is 600 Å². The third-order valence-corrected chi connectivity index (χ3v) is 16.2. The average molecular weight is 1440 g/mol. The maximum atomic E-state index is 13.2. The molecule has 0 radical (unpaired) electrons. The monoisotopic (exact) mass is 1440 g/mol. The van der Waals surface area contributed by atoms with Crippen LogP contribution in [0.2, 0.25) is 0 Å². The van der Waals surface area contributed by atoms with E-state index in [9.17, 15) is 58.8 Å². The van der Waals surface area contributed by atoms with Crippen LogP contribution in [0.3, 0.4) is 0 Å². The quantitative estimate of drug-likeness (QED) is 0.0168. The fraction of sp³-hybridized carbons (Fsp3) is 0.378. The van der Waals surface area contributed by atoms with Gasteiger partial charge in [0.05, 0.1) is 63.9 Å². The standard InChI is InChI=1S/C47H61N7O16.C27H28N2O5/c1-25-6-12-31(13-7-25)68-32-16-10-29(11-17-32)39(28-8-14-30(65-4)15-9-28)49-23-22-48-34(57)18-19-35(58)51-52-36(59)20-21-37(60)53-54-46(64)45-44(66-5)41(62)42(63)47(70-45)69-43-38(50-27(3)56)26(2)67-33(24-55)40(43)61;1-19-3-9-23(10-4-19)34-24-13-7-21(8-14-24)27(20-5-11-22(33-2)12-6-20)29-18-17-28-25(30)15-16-26(31)32/h6-17,26,33,38,40-45,47,55,61-63H,18-24H2,1-5H3,(H,48,57)(H,50,56)(H,51,58)(H,52,59)(H,53,60)(H,54,64);3-14H,15-18H2,1-2H3,(H,28,30)(H,31,32)/t26-,33-,38?,40+,41?,42?,43?,44-,45+,47+;/m0./s1. The number of carbonyl (C=O) groups is 8. The average Bonchev–Trinajstić information content (AvgIpc) is 0.783. The lowest BCUT2D eigenvalue weighted by Crippen LogP contribution is -2.68. The molecule has 2 fully saturated rings. The first-order valence-corrected chi connectivity index (χ1v) is 33.4. The number of aryl methyl sites for hydroxylation is 2. The Morgan fingerprint density at radius 1 is 0.471 bits per heavy atom. The number of aliphatic hydroxyl groups excluding tert-OH is 4. The second kappa shape index (κ2) is 40.8. The van der Waals surface area contributed by atoms with Crippen LogP contribution in [0.25, 0.3) is 0 Å². The molecule has 2 heterocycles. The minimum Gasteiger partial charge on any atom is -0.497 e. The van der Waals surface area contributed by atoms with Crippen LogP contribution >= 0.6 is 0 Å². The molecule has 104 heavy (non-hydrogen) atoms. The molecule has 30 heteroatoms. The van der Waals surface area contributed by atoms with Crippen LogP contribution in [0.5, 0.6) is 34.5 Å². The summed E-state index contributed by atoms with van der Waals surface area (Å²) in [4.78, 5) is 107. The molecule has 6 aromatic carbocycles. The Balaban J connectivity index is 0.000000370. The maximum absolute atomic E-state index is 13.2. The number of amides is 7. The molecule has 2 aliphatic rings. The van der Waals surface area contributed by atoms with Gasteiger partial charge in [-0.3, -0.25) is 70.0 Å². The third kappa shape index (κ3) is 25.1. The van der Waals surface area contributed by atoms with Crippen molar-refractivity contribution in [3.63, 3.8) is 0 Å². The lowest BCUT2D eigenvalue weighted by atomic mass is 9.92. The predicted molar refractivity (Wildman–Crippen MR) is 378 cm³/mol. The zero-order valence-electron chi connectivity index (χ0n) is 58.6. The van der Waals surface area contributed by atoms with E-state index in [1.54, 1.807) is 21.1 Å². The summed E-state index contributed by atoms with van der Waals surface area (Å²) in [6, 6.07) is 44.7. The summed E-state index contributed by atoms with van der Waals surface area (Å²) in [5.41, 5.74) is 15.7. The van der Waals surface area contributed by atoms with E-state index in [0.29, 0.717) is 41.8 Å². The lowest BCUT2D eigenvalue weighted by Gasteiger charge is -2.47. The molecule has 0 aromatic heterocycles. The van der Waals surface area contributed by atoms with Gasteiger partial charge >= 0.3 is 5.97 Å². The van der Waals surface area contributed by atoms with Gasteiger partial charge in [0.2, 0.25) is 35.4 Å². The number of ether oxygens (including phenoxy) is 8. The maximum Gasteiger partial charge on any atom is 0.303 e. The van der Waals surface area contributed by atoms with E-state index in [1.807, 2.05) is 159 Å². The highest BCUT2D eigenvalue weighted by Crippen LogP contribution is 2.31. The summed E-state index contributed by atoms with van der Waals surface area (Å²) in [7, 11) is 4.32. The normalized spacial score (nSPS) is 20.0. The van der Waals surface area contributed by atoms with Gasteiger partial charge in [0.15, 0.2) is 12.4 Å². The summed E-state index contributed by atoms with van der Waals surface area (Å²) in [5, 5.41) is 59.0. The molecule has 0 saturated carbocycles. The van der Waals surface area contributed by atoms with Gasteiger partial charge in [-0.05, 0) is 142 Å². The fourth-order valence-electron chi connectivity index (χ4n) is 10.6. The number of hydrogen-bond donors (Lipinski definition) is 12. The van der Waals surface area contributed by atoms with Crippen molar-refractivity contribution in [1.29, 1.82) is 0 Å². The van der Waals surface area contributed by atoms with E-state index in [-0.39, 0.29) is 44.7 Å². The molecule has 0 spiro atoms. The van der Waals surface area contributed by atoms with Gasteiger partial charge in [0.1, 0.15) is 71.1 Å². The van der Waals surface area contributed by atoms with Crippen molar-refractivity contribution in [3.8, 4) is 34.5 Å². The summed E-state index contributed by atoms with van der Waals surface area (Å²) in [6.07, 6.45) is -15.1. The topological polar surface area (TPSA) is 420 Å². The molecule has 7 amide bonds. The van der Waals surface area contributed by atoms with E-state index in [1.165, 1.54) is 12.5 Å². The van der Waals surface area contributed by atoms with Gasteiger partial charge < -0.3 is 79.4 Å². The number of hydrogen-bond acceptors (Lipinski definition) is 22. The number of carboxylic acid groups (broad SMARTS) is 1. The largest absolute Gasteiger partial charge is 0.497 e. The molecule has 6 aromatic rings. The summed E-state index contributed by atoms with van der Waals surface area (Å²) in [5.74, 6) is -1.34. The summed E-state index contributed by atoms with van der Waals surface area (Å²) >= 11 is 0. The van der Waals surface area contributed by atoms with Crippen molar-refractivity contribution in [2.24, 2.45) is 9.98 Å². The minimum absolute atomic E-state index is 0.0488. The summed E-state index contributed by atoms with van der Waals surface area (Å²) < 4.78 is 44.7. The van der Waals surface area contributed by atoms with Crippen LogP contribution in [0.15, 0.2) is 156 Å². The first-order chi connectivity index (χ1) is 49.9. The van der Waals surface area contributed by atoms with Crippen molar-refractivity contribution in [3.05, 3.63) is 179 Å². The molecule has 556 valence electrons. The Hall–Kier alpha value is -10.7. The second-order valence-electron chi connectivity index (χ2n) is 24.0. The van der Waals surface area contributed by atoms with Gasteiger partial charge in [-0.1, -0.05) is 35.4 Å². The van der Waals surface area contributed by atoms with Crippen LogP contribution in [0.4, 0.5) is 0 Å². The van der Waals surface area contributed by atoms with E-state index < -0.39 is 122 Å². The molecule has 12 N–H and O–H groups in total. The highest BCUT2D eigenvalue weighted by atomic mass is 16.7. The highest BCUT2D eigenvalue weighted by Gasteiger charge is 2.52. The van der Waals surface area contributed by atoms with Gasteiger partial charge in [-0.2, -0.15) is 0 Å². The van der Waals surface area contributed by atoms with Crippen molar-refractivity contribution in [2.75, 3.05) is 54.1 Å². The highest BCUT2D eigenvalue weighted by molar-refractivity contribution is 6.13. The first-order valence-electron chi connectivity index (χ1n) is 33.4. The number of aliphatic hydroxyl groups is 4. The zero-order chi connectivity index (χ0) is 75.2. The Bertz CT molecular complexity index is 3860. The van der Waals surface area contributed by atoms with Crippen LogP contribution in [-0.4, -0.2) is 200 Å². The van der Waals surface area contributed by atoms with Gasteiger partial charge in [0, 0.05) is 81.5 Å². The molecule has 2 aliphatic heterocycles. The second-order valence-corrected chi connectivity index (χ2v) is 24.0. The van der Waals surface area contributed by atoms with Crippen LogP contribution in [0, 0.1) is 13.8 Å². The molecule has 8 rings (SSSR count). The van der Waals surface area contributed by atoms with Crippen molar-refractivity contribution < 1.29 is 102 Å². The van der Waals surface area contributed by atoms with Crippen molar-refractivity contribution >= 4 is 58.7 Å². The van der Waals surface area contributed by atoms with Crippen LogP contribution in [0.1, 0.15) is 85.8 Å². The number of nitrogens with one attached hydrogen (secondary N) is 7. The number of methoxy groups -OCH3 is 3. The van der Waals surface area contributed by atoms with E-state index in [2.05, 4.69) is 37.7 Å². The number of carboxylic acids is 1. The Morgan fingerprint density at radius 2 is 0.846 bits per heavy atom. The number of carbonyl (C=O) groups excluding carboxylic acids is 7. The number of hydrazine groups is 2. The van der Waals surface area contributed by atoms with Crippen molar-refractivity contribution in [2.45, 2.75) is 127 Å². The van der Waals surface area contributed by atoms with Gasteiger partial charge in [-0.15, -0.1) is 0 Å². The molecular weight excluding hydrogens is 1350 g/mol. The summed E-state index contributed by atoms with van der Waals surface area (Å²) in [6.45, 7) is 7.21. The number of rotatable bonds is 31. The van der Waals surface area contributed by atoms with Crippen LogP contribution < -0.4 is 56.6 Å². The fourth-order valence-corrected chi connectivity index (χ4v) is 10.6. The third-order valence-electron chi connectivity index (χ3n) is 16.2. The van der Waals surface area contributed by atoms with E-state index in [4.69, 9.17) is 53.0 Å². The van der Waals surface area contributed by atoms with Gasteiger partial charge in [0.25, 0.3) is 5.91 Å². The number of aliphatic carboxylic acids is 1.